The first-order valence-electron chi connectivity index (χ1n) is 10.6. The molecule has 2 heterocycles. The van der Waals surface area contributed by atoms with Gasteiger partial charge in [-0.25, -0.2) is 9.99 Å². The minimum absolute atomic E-state index is 0.0261. The lowest BCUT2D eigenvalue weighted by Crippen LogP contribution is -2.40. The number of hydrazone groups is 1. The number of benzene rings is 1. The predicted octanol–water partition coefficient (Wildman–Crippen LogP) is 4.76. The molecule has 1 aliphatic heterocycles. The van der Waals surface area contributed by atoms with Crippen LogP contribution in [0.2, 0.25) is 0 Å². The number of hydrogen-bond donors (Lipinski definition) is 0. The number of nitriles is 1. The molecule has 6 nitrogen and oxygen atoms in total. The topological polar surface area (TPSA) is 78.6 Å². The molecule has 0 N–H and O–H groups in total. The molecule has 0 bridgehead atoms. The lowest BCUT2D eigenvalue weighted by atomic mass is 9.93. The van der Waals surface area contributed by atoms with E-state index < -0.39 is 0 Å². The highest BCUT2D eigenvalue weighted by Crippen LogP contribution is 2.31. The fourth-order valence-electron chi connectivity index (χ4n) is 4.01. The van der Waals surface area contributed by atoms with Crippen LogP contribution in [-0.2, 0) is 4.79 Å². The van der Waals surface area contributed by atoms with Gasteiger partial charge in [0, 0.05) is 18.5 Å². The SMILES string of the molecule is Cc1cc(C)cc(C2=NN(C(=O)CCCOc3nc(C)cc(C)c3C#N)C(C)(C)C2)c1. The molecule has 0 spiro atoms. The van der Waals surface area contributed by atoms with Crippen molar-refractivity contribution in [3.8, 4) is 11.9 Å². The number of pyridine rings is 1. The summed E-state index contributed by atoms with van der Waals surface area (Å²) in [6, 6.07) is 10.4. The summed E-state index contributed by atoms with van der Waals surface area (Å²) in [5.41, 5.74) is 6.12. The predicted molar refractivity (Wildman–Crippen MR) is 121 cm³/mol. The Hall–Kier alpha value is -3.20. The molecule has 3 rings (SSSR count). The fraction of sp³-hybridized carbons (Fsp3) is 0.440. The summed E-state index contributed by atoms with van der Waals surface area (Å²) in [7, 11) is 0. The maximum absolute atomic E-state index is 12.9. The molecule has 6 heteroatoms. The van der Waals surface area contributed by atoms with Gasteiger partial charge in [0.05, 0.1) is 17.9 Å². The normalized spacial score (nSPS) is 14.9. The van der Waals surface area contributed by atoms with E-state index in [4.69, 9.17) is 4.74 Å². The molecule has 0 radical (unpaired) electrons. The molecular formula is C25H30N4O2. The second-order valence-electron chi connectivity index (χ2n) is 8.94. The Morgan fingerprint density at radius 1 is 1.16 bits per heavy atom. The van der Waals surface area contributed by atoms with Gasteiger partial charge in [0.25, 0.3) is 0 Å². The van der Waals surface area contributed by atoms with Crippen molar-refractivity contribution in [1.29, 1.82) is 5.26 Å². The van der Waals surface area contributed by atoms with Crippen molar-refractivity contribution in [3.05, 3.63) is 57.8 Å². The zero-order chi connectivity index (χ0) is 22.8. The number of amides is 1. The molecule has 1 aromatic heterocycles. The number of aryl methyl sites for hydroxylation is 4. The summed E-state index contributed by atoms with van der Waals surface area (Å²) in [5, 5.41) is 15.6. The van der Waals surface area contributed by atoms with Crippen LogP contribution in [0.1, 0.15) is 66.6 Å². The summed E-state index contributed by atoms with van der Waals surface area (Å²) in [4.78, 5) is 17.2. The molecular weight excluding hydrogens is 388 g/mol. The summed E-state index contributed by atoms with van der Waals surface area (Å²) >= 11 is 0. The number of ether oxygens (including phenoxy) is 1. The van der Waals surface area contributed by atoms with Crippen LogP contribution in [0, 0.1) is 39.0 Å². The molecule has 162 valence electrons. The second-order valence-corrected chi connectivity index (χ2v) is 8.94. The molecule has 0 atom stereocenters. The van der Waals surface area contributed by atoms with Crippen LogP contribution in [0.25, 0.3) is 0 Å². The Morgan fingerprint density at radius 3 is 2.48 bits per heavy atom. The Balaban J connectivity index is 1.64. The first-order chi connectivity index (χ1) is 14.6. The Bertz CT molecular complexity index is 1060. The summed E-state index contributed by atoms with van der Waals surface area (Å²) in [6.07, 6.45) is 1.56. The van der Waals surface area contributed by atoms with E-state index in [1.54, 1.807) is 5.01 Å². The maximum atomic E-state index is 12.9. The second kappa shape index (κ2) is 8.89. The first-order valence-corrected chi connectivity index (χ1v) is 10.6. The molecule has 0 saturated carbocycles. The van der Waals surface area contributed by atoms with Crippen LogP contribution in [0.5, 0.6) is 5.88 Å². The van der Waals surface area contributed by atoms with Crippen LogP contribution >= 0.6 is 0 Å². The molecule has 2 aromatic rings. The average Bonchev–Trinajstić information content (AvgIpc) is 2.99. The number of aromatic nitrogens is 1. The van der Waals surface area contributed by atoms with E-state index in [2.05, 4.69) is 48.2 Å². The Kier molecular flexibility index (Phi) is 6.45. The molecule has 0 aliphatic carbocycles. The van der Waals surface area contributed by atoms with Crippen molar-refractivity contribution in [2.24, 2.45) is 5.10 Å². The Morgan fingerprint density at radius 2 is 1.84 bits per heavy atom. The zero-order valence-electron chi connectivity index (χ0n) is 19.2. The monoisotopic (exact) mass is 418 g/mol. The van der Waals surface area contributed by atoms with E-state index in [1.807, 2.05) is 33.8 Å². The van der Waals surface area contributed by atoms with Gasteiger partial charge in [-0.2, -0.15) is 10.4 Å². The number of nitrogens with zero attached hydrogens (tertiary/aromatic N) is 4. The van der Waals surface area contributed by atoms with Crippen molar-refractivity contribution < 1.29 is 9.53 Å². The molecule has 1 amide bonds. The van der Waals surface area contributed by atoms with Gasteiger partial charge >= 0.3 is 0 Å². The van der Waals surface area contributed by atoms with Gasteiger partial charge in [-0.15, -0.1) is 0 Å². The average molecular weight is 419 g/mol. The van der Waals surface area contributed by atoms with E-state index in [0.717, 1.165) is 29.0 Å². The highest BCUT2D eigenvalue weighted by molar-refractivity contribution is 6.03. The molecule has 1 aliphatic rings. The van der Waals surface area contributed by atoms with E-state index in [0.29, 0.717) is 30.9 Å². The number of hydrogen-bond acceptors (Lipinski definition) is 5. The van der Waals surface area contributed by atoms with Crippen molar-refractivity contribution in [2.45, 2.75) is 66.3 Å². The lowest BCUT2D eigenvalue weighted by molar-refractivity contribution is -0.135. The molecule has 0 unspecified atom stereocenters. The smallest absolute Gasteiger partial charge is 0.243 e. The minimum Gasteiger partial charge on any atom is -0.477 e. The summed E-state index contributed by atoms with van der Waals surface area (Å²) < 4.78 is 5.73. The van der Waals surface area contributed by atoms with Crippen LogP contribution < -0.4 is 4.74 Å². The van der Waals surface area contributed by atoms with Gasteiger partial charge in [0.1, 0.15) is 11.6 Å². The van der Waals surface area contributed by atoms with Crippen LogP contribution in [-0.4, -0.2) is 33.8 Å². The van der Waals surface area contributed by atoms with Crippen molar-refractivity contribution in [2.75, 3.05) is 6.61 Å². The molecule has 0 saturated heterocycles. The van der Waals surface area contributed by atoms with E-state index >= 15 is 0 Å². The van der Waals surface area contributed by atoms with Crippen LogP contribution in [0.3, 0.4) is 0 Å². The van der Waals surface area contributed by atoms with Crippen molar-refractivity contribution in [3.63, 3.8) is 0 Å². The number of rotatable bonds is 6. The van der Waals surface area contributed by atoms with E-state index in [-0.39, 0.29) is 11.4 Å². The number of carbonyl (C=O) groups is 1. The van der Waals surface area contributed by atoms with Crippen molar-refractivity contribution >= 4 is 11.6 Å². The first kappa shape index (κ1) is 22.5. The van der Waals surface area contributed by atoms with Crippen LogP contribution in [0.15, 0.2) is 29.4 Å². The molecule has 0 fully saturated rings. The third kappa shape index (κ3) is 5.11. The summed E-state index contributed by atoms with van der Waals surface area (Å²) in [5.74, 6) is 0.311. The van der Waals surface area contributed by atoms with E-state index in [1.165, 1.54) is 11.1 Å². The van der Waals surface area contributed by atoms with E-state index in [9.17, 15) is 10.1 Å². The number of carbonyl (C=O) groups excluding carboxylic acids is 1. The van der Waals surface area contributed by atoms with Gasteiger partial charge < -0.3 is 4.74 Å². The third-order valence-electron chi connectivity index (χ3n) is 5.38. The third-order valence-corrected chi connectivity index (χ3v) is 5.38. The van der Waals surface area contributed by atoms with Crippen molar-refractivity contribution in [1.82, 2.24) is 9.99 Å². The molecule has 31 heavy (non-hydrogen) atoms. The van der Waals surface area contributed by atoms with Gasteiger partial charge in [-0.3, -0.25) is 4.79 Å². The zero-order valence-corrected chi connectivity index (χ0v) is 19.2. The fourth-order valence-corrected chi connectivity index (χ4v) is 4.01. The van der Waals surface area contributed by atoms with Crippen LogP contribution in [0.4, 0.5) is 0 Å². The maximum Gasteiger partial charge on any atom is 0.243 e. The quantitative estimate of drug-likeness (QED) is 0.634. The highest BCUT2D eigenvalue weighted by atomic mass is 16.5. The molecule has 1 aromatic carbocycles. The van der Waals surface area contributed by atoms with Gasteiger partial charge in [0.2, 0.25) is 11.8 Å². The van der Waals surface area contributed by atoms with Gasteiger partial charge in [-0.05, 0) is 65.2 Å². The van der Waals surface area contributed by atoms with Gasteiger partial charge in [0.15, 0.2) is 0 Å². The van der Waals surface area contributed by atoms with Gasteiger partial charge in [-0.1, -0.05) is 29.3 Å². The largest absolute Gasteiger partial charge is 0.477 e. The lowest BCUT2D eigenvalue weighted by Gasteiger charge is -2.28. The minimum atomic E-state index is -0.367. The Labute approximate surface area is 184 Å². The standard InChI is InChI=1S/C25H30N4O2/c1-16-10-17(2)12-20(11-16)22-14-25(5,6)29(28-22)23(30)8-7-9-31-24-21(15-26)18(3)13-19(4)27-24/h10-13H,7-9,14H2,1-6H3. The summed E-state index contributed by atoms with van der Waals surface area (Å²) in [6.45, 7) is 12.3. The highest BCUT2D eigenvalue weighted by Gasteiger charge is 2.38.